The molecular formula is C24H33NO7. The van der Waals surface area contributed by atoms with Gasteiger partial charge in [-0.15, -0.1) is 0 Å². The van der Waals surface area contributed by atoms with Crippen molar-refractivity contribution in [2.75, 3.05) is 0 Å². The van der Waals surface area contributed by atoms with Gasteiger partial charge in [-0.2, -0.15) is 0 Å². The molecule has 176 valence electrons. The Kier molecular flexibility index (Phi) is 8.67. The molecule has 0 amide bonds. The first-order valence-electron chi connectivity index (χ1n) is 11.3. The van der Waals surface area contributed by atoms with Gasteiger partial charge < -0.3 is 29.4 Å². The number of hydrogen-bond acceptors (Lipinski definition) is 6. The number of ether oxygens (including phenoxy) is 3. The summed E-state index contributed by atoms with van der Waals surface area (Å²) in [6, 6.07) is 7.50. The molecule has 1 aliphatic heterocycles. The van der Waals surface area contributed by atoms with Crippen LogP contribution < -0.4 is 0 Å². The number of carboxylic acids is 1. The van der Waals surface area contributed by atoms with Gasteiger partial charge in [-0.25, -0.2) is 4.79 Å². The molecule has 8 nitrogen and oxygen atoms in total. The van der Waals surface area contributed by atoms with Crippen LogP contribution in [0.4, 0.5) is 0 Å². The van der Waals surface area contributed by atoms with Gasteiger partial charge in [0, 0.05) is 29.9 Å². The zero-order chi connectivity index (χ0) is 23.1. The molecule has 0 spiro atoms. The number of carbonyl (C=O) groups excluding carboxylic acids is 1. The standard InChI is InChI=1S/C24H33NO7/c1-15(9-5-3-4-6-12-22(27)28)30-24-20(26)13-21(16(2)31-24)32-23(29)18-14-25-19-11-8-7-10-17(18)19/h7-8,10-11,14-16,20-21,24-26H,3-6,9,12-13H2,1-2H3,(H,27,28). The molecular weight excluding hydrogens is 414 g/mol. The molecule has 0 saturated carbocycles. The SMILES string of the molecule is CC(CCCCCCC(=O)O)OC1OC(C)C(OC(=O)c2c[nH]c3ccccc23)CC1O. The summed E-state index contributed by atoms with van der Waals surface area (Å²) in [5.41, 5.74) is 1.31. The largest absolute Gasteiger partial charge is 0.481 e. The highest BCUT2D eigenvalue weighted by molar-refractivity contribution is 6.04. The smallest absolute Gasteiger partial charge is 0.340 e. The lowest BCUT2D eigenvalue weighted by Gasteiger charge is -2.38. The van der Waals surface area contributed by atoms with E-state index in [2.05, 4.69) is 4.98 Å². The van der Waals surface area contributed by atoms with Crippen LogP contribution in [0.3, 0.4) is 0 Å². The van der Waals surface area contributed by atoms with Crippen LogP contribution in [0.2, 0.25) is 0 Å². The van der Waals surface area contributed by atoms with Crippen LogP contribution in [-0.2, 0) is 19.0 Å². The van der Waals surface area contributed by atoms with Gasteiger partial charge in [-0.05, 0) is 32.8 Å². The van der Waals surface area contributed by atoms with Crippen molar-refractivity contribution in [3.8, 4) is 0 Å². The molecule has 2 heterocycles. The third-order valence-corrected chi connectivity index (χ3v) is 5.85. The minimum absolute atomic E-state index is 0.105. The predicted molar refractivity (Wildman–Crippen MR) is 118 cm³/mol. The number of aliphatic carboxylic acids is 1. The van der Waals surface area contributed by atoms with E-state index in [1.54, 1.807) is 6.20 Å². The van der Waals surface area contributed by atoms with E-state index in [1.807, 2.05) is 38.1 Å². The average molecular weight is 448 g/mol. The van der Waals surface area contributed by atoms with E-state index in [0.717, 1.165) is 36.6 Å². The van der Waals surface area contributed by atoms with Crippen LogP contribution >= 0.6 is 0 Å². The topological polar surface area (TPSA) is 118 Å². The number of carboxylic acid groups (broad SMARTS) is 1. The number of hydrogen-bond donors (Lipinski definition) is 3. The highest BCUT2D eigenvalue weighted by Crippen LogP contribution is 2.27. The highest BCUT2D eigenvalue weighted by atomic mass is 16.7. The quantitative estimate of drug-likeness (QED) is 0.352. The van der Waals surface area contributed by atoms with Gasteiger partial charge in [0.1, 0.15) is 12.2 Å². The number of aromatic nitrogens is 1. The molecule has 2 aromatic rings. The van der Waals surface area contributed by atoms with E-state index in [0.29, 0.717) is 12.0 Å². The number of nitrogens with one attached hydrogen (secondary N) is 1. The number of carbonyl (C=O) groups is 2. The number of fused-ring (bicyclic) bond motifs is 1. The fraction of sp³-hybridized carbons (Fsp3) is 0.583. The Bertz CT molecular complexity index is 895. The van der Waals surface area contributed by atoms with Gasteiger partial charge in [0.2, 0.25) is 0 Å². The van der Waals surface area contributed by atoms with E-state index >= 15 is 0 Å². The summed E-state index contributed by atoms with van der Waals surface area (Å²) < 4.78 is 17.4. The Morgan fingerprint density at radius 2 is 1.97 bits per heavy atom. The van der Waals surface area contributed by atoms with Gasteiger partial charge >= 0.3 is 11.9 Å². The molecule has 3 N–H and O–H groups in total. The molecule has 1 aliphatic rings. The minimum atomic E-state index is -0.898. The lowest BCUT2D eigenvalue weighted by molar-refractivity contribution is -0.273. The van der Waals surface area contributed by atoms with Crippen LogP contribution in [0.25, 0.3) is 10.9 Å². The molecule has 1 saturated heterocycles. The zero-order valence-electron chi connectivity index (χ0n) is 18.7. The number of esters is 1. The number of aromatic amines is 1. The molecule has 32 heavy (non-hydrogen) atoms. The third-order valence-electron chi connectivity index (χ3n) is 5.85. The van der Waals surface area contributed by atoms with Gasteiger partial charge in [0.15, 0.2) is 6.29 Å². The maximum Gasteiger partial charge on any atom is 0.340 e. The molecule has 0 aliphatic carbocycles. The first-order chi connectivity index (χ1) is 15.3. The normalized spacial score (nSPS) is 24.3. The van der Waals surface area contributed by atoms with E-state index < -0.39 is 36.5 Å². The fourth-order valence-electron chi connectivity index (χ4n) is 4.00. The number of unbranched alkanes of at least 4 members (excludes halogenated alkanes) is 3. The Morgan fingerprint density at radius 1 is 1.22 bits per heavy atom. The lowest BCUT2D eigenvalue weighted by Crippen LogP contribution is -2.49. The van der Waals surface area contributed by atoms with Gasteiger partial charge in [-0.3, -0.25) is 4.79 Å². The summed E-state index contributed by atoms with van der Waals surface area (Å²) in [6.07, 6.45) is 3.54. The number of aliphatic hydroxyl groups is 1. The Hall–Kier alpha value is -2.42. The highest BCUT2D eigenvalue weighted by Gasteiger charge is 2.38. The first kappa shape index (κ1) is 24.2. The Morgan fingerprint density at radius 3 is 2.75 bits per heavy atom. The fourth-order valence-corrected chi connectivity index (χ4v) is 4.00. The maximum atomic E-state index is 12.7. The first-order valence-corrected chi connectivity index (χ1v) is 11.3. The van der Waals surface area contributed by atoms with Crippen molar-refractivity contribution in [1.29, 1.82) is 0 Å². The van der Waals surface area contributed by atoms with Crippen LogP contribution in [0.1, 0.15) is 69.2 Å². The van der Waals surface area contributed by atoms with Crippen molar-refractivity contribution >= 4 is 22.8 Å². The molecule has 1 aromatic carbocycles. The molecule has 1 aromatic heterocycles. The van der Waals surface area contributed by atoms with E-state index in [-0.39, 0.29) is 18.9 Å². The van der Waals surface area contributed by atoms with Crippen molar-refractivity contribution in [1.82, 2.24) is 4.98 Å². The van der Waals surface area contributed by atoms with E-state index in [9.17, 15) is 14.7 Å². The molecule has 1 fully saturated rings. The summed E-state index contributed by atoms with van der Waals surface area (Å²) in [4.78, 5) is 26.3. The minimum Gasteiger partial charge on any atom is -0.481 e. The predicted octanol–water partition coefficient (Wildman–Crippen LogP) is 4.02. The van der Waals surface area contributed by atoms with Crippen LogP contribution in [0, 0.1) is 0 Å². The van der Waals surface area contributed by atoms with Gasteiger partial charge in [0.05, 0.1) is 17.8 Å². The summed E-state index contributed by atoms with van der Waals surface area (Å²) in [5, 5.41) is 20.0. The van der Waals surface area contributed by atoms with E-state index in [1.165, 1.54) is 0 Å². The average Bonchev–Trinajstić information content (AvgIpc) is 3.18. The molecule has 0 bridgehead atoms. The summed E-state index contributed by atoms with van der Waals surface area (Å²) in [7, 11) is 0. The Labute approximate surface area is 187 Å². The number of aliphatic hydroxyl groups excluding tert-OH is 1. The number of H-pyrrole nitrogens is 1. The van der Waals surface area contributed by atoms with Crippen molar-refractivity contribution in [3.05, 3.63) is 36.0 Å². The van der Waals surface area contributed by atoms with E-state index in [4.69, 9.17) is 19.3 Å². The van der Waals surface area contributed by atoms with Crippen LogP contribution in [0.15, 0.2) is 30.5 Å². The molecule has 5 unspecified atom stereocenters. The molecule has 3 rings (SSSR count). The molecule has 0 radical (unpaired) electrons. The number of rotatable bonds is 11. The summed E-state index contributed by atoms with van der Waals surface area (Å²) in [6.45, 7) is 3.74. The summed E-state index contributed by atoms with van der Waals surface area (Å²) >= 11 is 0. The van der Waals surface area contributed by atoms with Crippen molar-refractivity contribution in [2.45, 2.75) is 89.5 Å². The summed E-state index contributed by atoms with van der Waals surface area (Å²) in [5.74, 6) is -1.21. The van der Waals surface area contributed by atoms with Crippen molar-refractivity contribution in [2.24, 2.45) is 0 Å². The second-order valence-corrected chi connectivity index (χ2v) is 8.50. The maximum absolute atomic E-state index is 12.7. The second-order valence-electron chi connectivity index (χ2n) is 8.50. The molecule has 5 atom stereocenters. The van der Waals surface area contributed by atoms with Gasteiger partial charge in [-0.1, -0.05) is 37.5 Å². The monoisotopic (exact) mass is 447 g/mol. The van der Waals surface area contributed by atoms with Crippen molar-refractivity contribution < 1.29 is 34.0 Å². The zero-order valence-corrected chi connectivity index (χ0v) is 18.7. The second kappa shape index (κ2) is 11.4. The Balaban J connectivity index is 1.43. The lowest BCUT2D eigenvalue weighted by atomic mass is 10.0. The number of benzene rings is 1. The van der Waals surface area contributed by atoms with Crippen LogP contribution in [-0.4, -0.2) is 57.8 Å². The van der Waals surface area contributed by atoms with Gasteiger partial charge in [0.25, 0.3) is 0 Å². The van der Waals surface area contributed by atoms with Crippen molar-refractivity contribution in [3.63, 3.8) is 0 Å². The van der Waals surface area contributed by atoms with Crippen LogP contribution in [0.5, 0.6) is 0 Å². The molecule has 8 heteroatoms. The third kappa shape index (κ3) is 6.54. The number of para-hydroxylation sites is 1.